The molecule has 1 saturated carbocycles. The Labute approximate surface area is 127 Å². The fourth-order valence-electron chi connectivity index (χ4n) is 2.65. The van der Waals surface area contributed by atoms with E-state index >= 15 is 0 Å². The van der Waals surface area contributed by atoms with Gasteiger partial charge in [0.15, 0.2) is 0 Å². The molecule has 1 aliphatic carbocycles. The normalized spacial score (nSPS) is 23.8. The number of ether oxygens (including phenoxy) is 2. The highest BCUT2D eigenvalue weighted by atomic mass is 16.5. The maximum absolute atomic E-state index is 9.94. The molecule has 118 valence electrons. The molecule has 4 nitrogen and oxygen atoms in total. The van der Waals surface area contributed by atoms with E-state index < -0.39 is 6.10 Å². The molecule has 1 aliphatic rings. The molecule has 0 saturated heterocycles. The van der Waals surface area contributed by atoms with Crippen molar-refractivity contribution in [2.75, 3.05) is 13.2 Å². The minimum Gasteiger partial charge on any atom is -0.491 e. The molecule has 3 N–H and O–H groups in total. The molecule has 1 aromatic carbocycles. The number of nitrogens with two attached hydrogens (primary N) is 1. The molecule has 2 rings (SSSR count). The van der Waals surface area contributed by atoms with Crippen LogP contribution < -0.4 is 10.5 Å². The van der Waals surface area contributed by atoms with Crippen molar-refractivity contribution in [3.8, 4) is 5.75 Å². The highest BCUT2D eigenvalue weighted by Gasteiger charge is 2.19. The summed E-state index contributed by atoms with van der Waals surface area (Å²) in [5, 5.41) is 9.94. The Balaban J connectivity index is 1.66. The third-order valence-electron chi connectivity index (χ3n) is 4.06. The first-order valence-electron chi connectivity index (χ1n) is 7.89. The number of aliphatic hydroxyl groups is 1. The van der Waals surface area contributed by atoms with E-state index in [-0.39, 0.29) is 6.61 Å². The Morgan fingerprint density at radius 2 is 2.00 bits per heavy atom. The van der Waals surface area contributed by atoms with E-state index in [2.05, 4.69) is 6.92 Å². The minimum absolute atomic E-state index is 0.247. The molecule has 0 spiro atoms. The lowest BCUT2D eigenvalue weighted by Crippen LogP contribution is -2.28. The molecule has 1 unspecified atom stereocenters. The van der Waals surface area contributed by atoms with Crippen LogP contribution in [0.1, 0.15) is 38.2 Å². The lowest BCUT2D eigenvalue weighted by molar-refractivity contribution is -0.0402. The van der Waals surface area contributed by atoms with Crippen molar-refractivity contribution in [2.45, 2.75) is 51.4 Å². The van der Waals surface area contributed by atoms with Gasteiger partial charge in [0, 0.05) is 6.54 Å². The van der Waals surface area contributed by atoms with Crippen molar-refractivity contribution < 1.29 is 14.6 Å². The van der Waals surface area contributed by atoms with Gasteiger partial charge < -0.3 is 20.3 Å². The smallest absolute Gasteiger partial charge is 0.119 e. The molecule has 0 radical (unpaired) electrons. The summed E-state index contributed by atoms with van der Waals surface area (Å²) in [4.78, 5) is 0. The number of rotatable bonds is 7. The van der Waals surface area contributed by atoms with E-state index in [0.717, 1.165) is 30.1 Å². The van der Waals surface area contributed by atoms with Gasteiger partial charge in [0.1, 0.15) is 18.5 Å². The summed E-state index contributed by atoms with van der Waals surface area (Å²) >= 11 is 0. The van der Waals surface area contributed by atoms with Crippen LogP contribution in [0, 0.1) is 5.92 Å². The average molecular weight is 293 g/mol. The van der Waals surface area contributed by atoms with Gasteiger partial charge in [-0.25, -0.2) is 0 Å². The second-order valence-corrected chi connectivity index (χ2v) is 6.03. The SMILES string of the molecule is CC1CCC(OCC(O)COc2cccc(CN)c2)CC1. The van der Waals surface area contributed by atoms with Crippen molar-refractivity contribution in [3.63, 3.8) is 0 Å². The van der Waals surface area contributed by atoms with Gasteiger partial charge in [-0.3, -0.25) is 0 Å². The maximum Gasteiger partial charge on any atom is 0.119 e. The Kier molecular flexibility index (Phi) is 6.49. The summed E-state index contributed by atoms with van der Waals surface area (Å²) in [7, 11) is 0. The zero-order chi connectivity index (χ0) is 15.1. The van der Waals surface area contributed by atoms with E-state index in [0.29, 0.717) is 19.3 Å². The zero-order valence-electron chi connectivity index (χ0n) is 12.8. The second kappa shape index (κ2) is 8.37. The highest BCUT2D eigenvalue weighted by Crippen LogP contribution is 2.25. The predicted octanol–water partition coefficient (Wildman–Crippen LogP) is 2.48. The molecule has 4 heteroatoms. The van der Waals surface area contributed by atoms with Crippen LogP contribution in [0.3, 0.4) is 0 Å². The highest BCUT2D eigenvalue weighted by molar-refractivity contribution is 5.28. The Morgan fingerprint density at radius 3 is 2.71 bits per heavy atom. The molecular formula is C17H27NO3. The van der Waals surface area contributed by atoms with E-state index in [9.17, 15) is 5.11 Å². The molecule has 1 fully saturated rings. The monoisotopic (exact) mass is 293 g/mol. The number of aliphatic hydroxyl groups excluding tert-OH is 1. The van der Waals surface area contributed by atoms with Crippen LogP contribution in [-0.2, 0) is 11.3 Å². The van der Waals surface area contributed by atoms with Crippen molar-refractivity contribution in [1.82, 2.24) is 0 Å². The fraction of sp³-hybridized carbons (Fsp3) is 0.647. The third kappa shape index (κ3) is 5.65. The Hall–Kier alpha value is -1.10. The van der Waals surface area contributed by atoms with Gasteiger partial charge in [-0.2, -0.15) is 0 Å². The van der Waals surface area contributed by atoms with E-state index in [1.165, 1.54) is 12.8 Å². The lowest BCUT2D eigenvalue weighted by Gasteiger charge is -2.27. The van der Waals surface area contributed by atoms with Crippen LogP contribution in [0.25, 0.3) is 0 Å². The maximum atomic E-state index is 9.94. The molecule has 1 aromatic rings. The molecule has 0 heterocycles. The summed E-state index contributed by atoms with van der Waals surface area (Å²) in [6.45, 7) is 3.37. The first-order valence-corrected chi connectivity index (χ1v) is 7.89. The summed E-state index contributed by atoms with van der Waals surface area (Å²) in [5.41, 5.74) is 6.61. The lowest BCUT2D eigenvalue weighted by atomic mass is 9.89. The van der Waals surface area contributed by atoms with E-state index in [1.807, 2.05) is 24.3 Å². The Bertz CT molecular complexity index is 416. The largest absolute Gasteiger partial charge is 0.491 e. The van der Waals surface area contributed by atoms with Gasteiger partial charge >= 0.3 is 0 Å². The van der Waals surface area contributed by atoms with Crippen LogP contribution in [0.5, 0.6) is 5.75 Å². The van der Waals surface area contributed by atoms with Gasteiger partial charge in [0.25, 0.3) is 0 Å². The van der Waals surface area contributed by atoms with Crippen LogP contribution in [0.2, 0.25) is 0 Å². The van der Waals surface area contributed by atoms with Gasteiger partial charge in [-0.05, 0) is 49.3 Å². The van der Waals surface area contributed by atoms with Crippen molar-refractivity contribution in [1.29, 1.82) is 0 Å². The molecule has 1 atom stereocenters. The van der Waals surface area contributed by atoms with E-state index in [4.69, 9.17) is 15.2 Å². The first-order chi connectivity index (χ1) is 10.2. The zero-order valence-corrected chi connectivity index (χ0v) is 12.8. The van der Waals surface area contributed by atoms with Crippen molar-refractivity contribution >= 4 is 0 Å². The molecule has 0 amide bonds. The summed E-state index contributed by atoms with van der Waals surface area (Å²) < 4.78 is 11.4. The average Bonchev–Trinajstić information content (AvgIpc) is 2.52. The van der Waals surface area contributed by atoms with Crippen LogP contribution in [0.15, 0.2) is 24.3 Å². The molecule has 0 aliphatic heterocycles. The van der Waals surface area contributed by atoms with E-state index in [1.54, 1.807) is 0 Å². The molecule has 0 aromatic heterocycles. The standard InChI is InChI=1S/C17H27NO3/c1-13-5-7-16(8-6-13)20-11-15(19)12-21-17-4-2-3-14(9-17)10-18/h2-4,9,13,15-16,19H,5-8,10-12,18H2,1H3. The number of hydrogen-bond acceptors (Lipinski definition) is 4. The number of benzene rings is 1. The van der Waals surface area contributed by atoms with Crippen LogP contribution in [0.4, 0.5) is 0 Å². The first kappa shape index (κ1) is 16.3. The quantitative estimate of drug-likeness (QED) is 0.810. The van der Waals surface area contributed by atoms with Crippen molar-refractivity contribution in [3.05, 3.63) is 29.8 Å². The minimum atomic E-state index is -0.592. The fourth-order valence-corrected chi connectivity index (χ4v) is 2.65. The molecule has 21 heavy (non-hydrogen) atoms. The summed E-state index contributed by atoms with van der Waals surface area (Å²) in [6.07, 6.45) is 4.37. The van der Waals surface area contributed by atoms with Crippen LogP contribution in [-0.4, -0.2) is 30.5 Å². The predicted molar refractivity (Wildman–Crippen MR) is 83.2 cm³/mol. The molecular weight excluding hydrogens is 266 g/mol. The molecule has 0 bridgehead atoms. The van der Waals surface area contributed by atoms with Crippen molar-refractivity contribution in [2.24, 2.45) is 11.7 Å². The topological polar surface area (TPSA) is 64.7 Å². The van der Waals surface area contributed by atoms with Gasteiger partial charge in [0.05, 0.1) is 12.7 Å². The van der Waals surface area contributed by atoms with Crippen LogP contribution >= 0.6 is 0 Å². The Morgan fingerprint density at radius 1 is 1.24 bits per heavy atom. The third-order valence-corrected chi connectivity index (χ3v) is 4.06. The van der Waals surface area contributed by atoms with Gasteiger partial charge in [-0.15, -0.1) is 0 Å². The van der Waals surface area contributed by atoms with Gasteiger partial charge in [0.2, 0.25) is 0 Å². The van der Waals surface area contributed by atoms with Gasteiger partial charge in [-0.1, -0.05) is 19.1 Å². The number of hydrogen-bond donors (Lipinski definition) is 2. The second-order valence-electron chi connectivity index (χ2n) is 6.03. The summed E-state index contributed by atoms with van der Waals surface area (Å²) in [5.74, 6) is 1.55. The summed E-state index contributed by atoms with van der Waals surface area (Å²) in [6, 6.07) is 7.63.